The van der Waals surface area contributed by atoms with Crippen LogP contribution in [0, 0.1) is 0 Å². The molecule has 5 nitrogen and oxygen atoms in total. The molecule has 0 radical (unpaired) electrons. The van der Waals surface area contributed by atoms with Crippen molar-refractivity contribution in [1.82, 2.24) is 5.32 Å². The van der Waals surface area contributed by atoms with Crippen LogP contribution in [0.2, 0.25) is 0 Å². The quantitative estimate of drug-likeness (QED) is 0.468. The molecule has 0 aliphatic carbocycles. The van der Waals surface area contributed by atoms with Gasteiger partial charge in [0.2, 0.25) is 0 Å². The lowest BCUT2D eigenvalue weighted by molar-refractivity contribution is 0.00944. The van der Waals surface area contributed by atoms with Crippen molar-refractivity contribution in [2.75, 3.05) is 0 Å². The first kappa shape index (κ1) is 18.8. The predicted molar refractivity (Wildman–Crippen MR) is 85.5 cm³/mol. The third-order valence-electron chi connectivity index (χ3n) is 2.83. The number of nitrogens with one attached hydrogen (secondary N) is 1. The van der Waals surface area contributed by atoms with Gasteiger partial charge in [-0.3, -0.25) is 5.32 Å². The van der Waals surface area contributed by atoms with E-state index < -0.39 is 5.66 Å². The summed E-state index contributed by atoms with van der Waals surface area (Å²) in [5.41, 5.74) is 17.7. The van der Waals surface area contributed by atoms with Crippen molar-refractivity contribution in [2.45, 2.75) is 71.7 Å². The highest BCUT2D eigenvalue weighted by molar-refractivity contribution is 5.10. The van der Waals surface area contributed by atoms with Gasteiger partial charge >= 0.3 is 0 Å². The number of nitrogens with two attached hydrogens (primary N) is 3. The van der Waals surface area contributed by atoms with Crippen LogP contribution in [0.25, 0.3) is 0 Å². The highest BCUT2D eigenvalue weighted by Crippen LogP contribution is 2.28. The van der Waals surface area contributed by atoms with Crippen molar-refractivity contribution in [3.8, 4) is 0 Å². The Kier molecular flexibility index (Phi) is 7.09. The van der Waals surface area contributed by atoms with Gasteiger partial charge in [-0.25, -0.2) is 0 Å². The molecule has 7 N–H and O–H groups in total. The number of hydrogen-bond donors (Lipinski definition) is 4. The number of rotatable bonds is 3. The summed E-state index contributed by atoms with van der Waals surface area (Å²) in [7, 11) is 0. The minimum Gasteiger partial charge on any atom is -0.476 e. The van der Waals surface area contributed by atoms with E-state index in [-0.39, 0.29) is 11.6 Å². The van der Waals surface area contributed by atoms with Crippen molar-refractivity contribution < 1.29 is 4.74 Å². The number of piperidine rings is 1. The van der Waals surface area contributed by atoms with Crippen molar-refractivity contribution in [3.05, 3.63) is 23.7 Å². The lowest BCUT2D eigenvalue weighted by Crippen LogP contribution is -2.65. The molecule has 0 spiro atoms. The van der Waals surface area contributed by atoms with E-state index >= 15 is 0 Å². The number of allylic oxidation sites excluding steroid dienone is 3. The Morgan fingerprint density at radius 3 is 2.15 bits per heavy atom. The normalized spacial score (nSPS) is 30.2. The zero-order valence-corrected chi connectivity index (χ0v) is 13.8. The molecule has 0 aromatic carbocycles. The van der Waals surface area contributed by atoms with Crippen molar-refractivity contribution >= 4 is 0 Å². The smallest absolute Gasteiger partial charge is 0.184 e. The van der Waals surface area contributed by atoms with Crippen LogP contribution in [0.1, 0.15) is 54.4 Å². The van der Waals surface area contributed by atoms with E-state index in [2.05, 4.69) is 19.2 Å². The van der Waals surface area contributed by atoms with Crippen LogP contribution in [0.5, 0.6) is 0 Å². The van der Waals surface area contributed by atoms with Crippen molar-refractivity contribution in [2.24, 2.45) is 17.2 Å². The van der Waals surface area contributed by atoms with Gasteiger partial charge in [0, 0.05) is 24.1 Å². The second-order valence-electron chi connectivity index (χ2n) is 6.05. The first-order valence-electron chi connectivity index (χ1n) is 7.24. The van der Waals surface area contributed by atoms with Gasteiger partial charge in [0.1, 0.15) is 6.10 Å². The molecular weight excluding hydrogens is 252 g/mol. The Bertz CT molecular complexity index is 339. The summed E-state index contributed by atoms with van der Waals surface area (Å²) in [5, 5.41) is 3.39. The molecule has 0 aromatic heterocycles. The second kappa shape index (κ2) is 7.55. The summed E-state index contributed by atoms with van der Waals surface area (Å²) in [6.45, 7) is 12.0. The summed E-state index contributed by atoms with van der Waals surface area (Å²) in [5.74, 6) is 0.373. The van der Waals surface area contributed by atoms with E-state index in [4.69, 9.17) is 21.9 Å². The van der Waals surface area contributed by atoms with Gasteiger partial charge in [-0.1, -0.05) is 13.8 Å². The summed E-state index contributed by atoms with van der Waals surface area (Å²) in [6.07, 6.45) is 5.00. The van der Waals surface area contributed by atoms with E-state index in [0.29, 0.717) is 11.6 Å². The summed E-state index contributed by atoms with van der Waals surface area (Å²) >= 11 is 0. The monoisotopic (exact) mass is 284 g/mol. The molecule has 118 valence electrons. The molecule has 1 rings (SSSR count). The largest absolute Gasteiger partial charge is 0.476 e. The summed E-state index contributed by atoms with van der Waals surface area (Å²) in [6, 6.07) is 0. The molecule has 1 aliphatic heterocycles. The molecule has 0 bridgehead atoms. The van der Waals surface area contributed by atoms with Gasteiger partial charge in [-0.2, -0.15) is 0 Å². The van der Waals surface area contributed by atoms with Crippen LogP contribution >= 0.6 is 0 Å². The number of hydrogen-bond acceptors (Lipinski definition) is 5. The zero-order chi connectivity index (χ0) is 16.0. The lowest BCUT2D eigenvalue weighted by atomic mass is 9.84. The molecule has 1 aliphatic rings. The van der Waals surface area contributed by atoms with Gasteiger partial charge < -0.3 is 21.9 Å². The topological polar surface area (TPSA) is 99.3 Å². The minimum absolute atomic E-state index is 0.0129. The molecule has 2 unspecified atom stereocenters. The molecular formula is C15H32N4O. The molecule has 5 heteroatoms. The van der Waals surface area contributed by atoms with Crippen LogP contribution in [-0.2, 0) is 4.74 Å². The van der Waals surface area contributed by atoms with Crippen LogP contribution in [0.4, 0.5) is 0 Å². The highest BCUT2D eigenvalue weighted by Gasteiger charge is 2.39. The third kappa shape index (κ3) is 7.40. The Morgan fingerprint density at radius 1 is 1.15 bits per heavy atom. The Labute approximate surface area is 123 Å². The molecule has 0 saturated carbocycles. The molecule has 1 saturated heterocycles. The van der Waals surface area contributed by atoms with Crippen LogP contribution in [0.15, 0.2) is 23.7 Å². The molecule has 0 aromatic rings. The van der Waals surface area contributed by atoms with E-state index in [0.717, 1.165) is 12.8 Å². The van der Waals surface area contributed by atoms with Gasteiger partial charge in [0.15, 0.2) is 5.88 Å². The van der Waals surface area contributed by atoms with Crippen molar-refractivity contribution in [1.29, 1.82) is 0 Å². The third-order valence-corrected chi connectivity index (χ3v) is 2.83. The van der Waals surface area contributed by atoms with E-state index in [1.165, 1.54) is 0 Å². The maximum Gasteiger partial charge on any atom is 0.184 e. The maximum absolute atomic E-state index is 6.16. The Morgan fingerprint density at radius 2 is 1.70 bits per heavy atom. The fourth-order valence-corrected chi connectivity index (χ4v) is 2.52. The first-order valence-corrected chi connectivity index (χ1v) is 7.24. The van der Waals surface area contributed by atoms with Crippen molar-refractivity contribution in [3.63, 3.8) is 0 Å². The fraction of sp³-hybridized carbons (Fsp3) is 0.733. The minimum atomic E-state index is -0.438. The van der Waals surface area contributed by atoms with Gasteiger partial charge in [-0.15, -0.1) is 0 Å². The first-order chi connectivity index (χ1) is 9.10. The Balaban J connectivity index is 0.00000172. The summed E-state index contributed by atoms with van der Waals surface area (Å²) in [4.78, 5) is 0. The molecule has 20 heavy (non-hydrogen) atoms. The molecule has 1 fully saturated rings. The van der Waals surface area contributed by atoms with Gasteiger partial charge in [0.05, 0.1) is 5.66 Å². The maximum atomic E-state index is 6.16. The average molecular weight is 284 g/mol. The predicted octanol–water partition coefficient (Wildman–Crippen LogP) is 1.90. The van der Waals surface area contributed by atoms with Gasteiger partial charge in [-0.05, 0) is 39.8 Å². The average Bonchev–Trinajstić information content (AvgIpc) is 2.24. The molecule has 2 atom stereocenters. The molecule has 0 amide bonds. The van der Waals surface area contributed by atoms with E-state index in [9.17, 15) is 0 Å². The second-order valence-corrected chi connectivity index (χ2v) is 6.05. The van der Waals surface area contributed by atoms with E-state index in [1.807, 2.05) is 20.8 Å². The standard InChI is InChI=1S/C13H26N4O.C2H6/c1-9(14)5-6-11(15)18-10-7-12(2,3)17-13(4,16)8-10;1-2/h5-6,10,17H,7-8,14-16H2,1-4H3;1-2H3/b9-5-,11-6+;. The molecule has 1 heterocycles. The SMILES string of the molecule is C/C(N)=C/C=C(\N)OC1CC(C)(C)NC(C)(N)C1.CC. The Hall–Kier alpha value is -1.20. The fourth-order valence-electron chi connectivity index (χ4n) is 2.52. The van der Waals surface area contributed by atoms with E-state index in [1.54, 1.807) is 19.1 Å². The summed E-state index contributed by atoms with van der Waals surface area (Å²) < 4.78 is 5.73. The van der Waals surface area contributed by atoms with Crippen LogP contribution in [-0.4, -0.2) is 17.3 Å². The van der Waals surface area contributed by atoms with Crippen LogP contribution in [0.3, 0.4) is 0 Å². The van der Waals surface area contributed by atoms with Crippen LogP contribution < -0.4 is 22.5 Å². The number of ether oxygens (including phenoxy) is 1. The highest BCUT2D eigenvalue weighted by atomic mass is 16.5. The van der Waals surface area contributed by atoms with Gasteiger partial charge in [0.25, 0.3) is 0 Å². The lowest BCUT2D eigenvalue weighted by Gasteiger charge is -2.45. The zero-order valence-electron chi connectivity index (χ0n) is 13.8.